The number of rotatable bonds is 9. The van der Waals surface area contributed by atoms with E-state index in [1.165, 1.54) is 0 Å². The molecule has 2 aliphatic rings. The van der Waals surface area contributed by atoms with Crippen LogP contribution in [0.15, 0.2) is 0 Å². The van der Waals surface area contributed by atoms with Gasteiger partial charge in [-0.3, -0.25) is 19.2 Å². The largest absolute Gasteiger partial charge is 0.481 e. The molecular formula is C22H34O8. The smallest absolute Gasteiger partial charge is 0.311 e. The summed E-state index contributed by atoms with van der Waals surface area (Å²) in [4.78, 5) is 49.5. The Bertz CT molecular complexity index is 615. The first-order valence-electron chi connectivity index (χ1n) is 10.9. The van der Waals surface area contributed by atoms with Crippen LogP contribution in [-0.2, 0) is 19.2 Å². The van der Waals surface area contributed by atoms with Crippen molar-refractivity contribution in [2.75, 3.05) is 0 Å². The average molecular weight is 427 g/mol. The first kappa shape index (κ1) is 24.2. The third kappa shape index (κ3) is 4.32. The van der Waals surface area contributed by atoms with Gasteiger partial charge < -0.3 is 20.4 Å². The highest BCUT2D eigenvalue weighted by molar-refractivity contribution is 5.93. The number of hydrogen-bond acceptors (Lipinski definition) is 4. The van der Waals surface area contributed by atoms with Crippen molar-refractivity contribution in [2.45, 2.75) is 78.1 Å². The van der Waals surface area contributed by atoms with Crippen molar-refractivity contribution >= 4 is 23.9 Å². The van der Waals surface area contributed by atoms with E-state index in [2.05, 4.69) is 0 Å². The molecule has 170 valence electrons. The zero-order valence-electron chi connectivity index (χ0n) is 17.8. The van der Waals surface area contributed by atoms with Crippen LogP contribution in [0.2, 0.25) is 0 Å². The number of carbonyl (C=O) groups is 4. The molecule has 0 aromatic rings. The predicted molar refractivity (Wildman–Crippen MR) is 107 cm³/mol. The zero-order chi connectivity index (χ0) is 22.7. The second-order valence-corrected chi connectivity index (χ2v) is 9.61. The normalized spacial score (nSPS) is 31.1. The molecule has 0 bridgehead atoms. The van der Waals surface area contributed by atoms with Crippen LogP contribution in [-0.4, -0.2) is 44.3 Å². The fourth-order valence-electron chi connectivity index (χ4n) is 6.20. The summed E-state index contributed by atoms with van der Waals surface area (Å²) in [6.07, 6.45) is 2.47. The van der Waals surface area contributed by atoms with Crippen LogP contribution in [0.3, 0.4) is 0 Å². The maximum atomic E-state index is 12.9. The molecule has 0 spiro atoms. The summed E-state index contributed by atoms with van der Waals surface area (Å²) < 4.78 is 0. The minimum Gasteiger partial charge on any atom is -0.481 e. The summed E-state index contributed by atoms with van der Waals surface area (Å²) in [5, 5.41) is 40.3. The molecular weight excluding hydrogens is 392 g/mol. The van der Waals surface area contributed by atoms with Crippen molar-refractivity contribution in [1.29, 1.82) is 0 Å². The summed E-state index contributed by atoms with van der Waals surface area (Å²) in [7, 11) is 0. The van der Waals surface area contributed by atoms with Crippen molar-refractivity contribution in [3.05, 3.63) is 0 Å². The van der Waals surface area contributed by atoms with Crippen LogP contribution in [0.1, 0.15) is 78.1 Å². The average Bonchev–Trinajstić information content (AvgIpc) is 2.65. The predicted octanol–water partition coefficient (Wildman–Crippen LogP) is 3.73. The molecule has 0 aromatic carbocycles. The molecule has 2 fully saturated rings. The summed E-state index contributed by atoms with van der Waals surface area (Å²) in [5.41, 5.74) is -4.34. The molecule has 0 radical (unpaired) electrons. The molecule has 8 nitrogen and oxygen atoms in total. The Morgan fingerprint density at radius 3 is 1.07 bits per heavy atom. The summed E-state index contributed by atoms with van der Waals surface area (Å²) >= 11 is 0. The van der Waals surface area contributed by atoms with Gasteiger partial charge in [0.15, 0.2) is 0 Å². The first-order chi connectivity index (χ1) is 14.0. The second-order valence-electron chi connectivity index (χ2n) is 9.61. The van der Waals surface area contributed by atoms with E-state index in [9.17, 15) is 39.6 Å². The minimum atomic E-state index is -2.17. The van der Waals surface area contributed by atoms with Crippen LogP contribution in [0.5, 0.6) is 0 Å². The van der Waals surface area contributed by atoms with Crippen LogP contribution in [0, 0.1) is 34.5 Å². The molecule has 0 amide bonds. The van der Waals surface area contributed by atoms with E-state index in [1.54, 1.807) is 0 Å². The highest BCUT2D eigenvalue weighted by Crippen LogP contribution is 2.61. The van der Waals surface area contributed by atoms with E-state index in [0.29, 0.717) is 63.2 Å². The Balaban J connectivity index is 2.75. The van der Waals surface area contributed by atoms with Gasteiger partial charge in [0, 0.05) is 0 Å². The molecule has 2 rings (SSSR count). The van der Waals surface area contributed by atoms with Crippen molar-refractivity contribution in [1.82, 2.24) is 0 Å². The summed E-state index contributed by atoms with van der Waals surface area (Å²) in [6, 6.07) is 0. The van der Waals surface area contributed by atoms with Crippen molar-refractivity contribution in [3.8, 4) is 0 Å². The molecule has 2 unspecified atom stereocenters. The van der Waals surface area contributed by atoms with Gasteiger partial charge in [0.05, 0.1) is 23.7 Å². The van der Waals surface area contributed by atoms with E-state index in [0.717, 1.165) is 0 Å². The zero-order valence-corrected chi connectivity index (χ0v) is 17.8. The summed E-state index contributed by atoms with van der Waals surface area (Å²) in [6.45, 7) is 4.06. The van der Waals surface area contributed by atoms with Crippen LogP contribution < -0.4 is 0 Å². The third-order valence-electron chi connectivity index (χ3n) is 7.85. The minimum absolute atomic E-state index is 0.340. The van der Waals surface area contributed by atoms with E-state index in [4.69, 9.17) is 0 Å². The Kier molecular flexibility index (Phi) is 7.53. The third-order valence-corrected chi connectivity index (χ3v) is 7.85. The molecule has 2 aliphatic carbocycles. The molecule has 0 aromatic heterocycles. The van der Waals surface area contributed by atoms with Gasteiger partial charge in [-0.25, -0.2) is 0 Å². The lowest BCUT2D eigenvalue weighted by Crippen LogP contribution is -2.62. The Labute approximate surface area is 176 Å². The molecule has 0 aliphatic heterocycles. The molecule has 2 saturated carbocycles. The van der Waals surface area contributed by atoms with Crippen LogP contribution in [0.4, 0.5) is 0 Å². The quantitative estimate of drug-likeness (QED) is 0.436. The fourth-order valence-corrected chi connectivity index (χ4v) is 6.20. The van der Waals surface area contributed by atoms with E-state index < -0.39 is 59.4 Å². The van der Waals surface area contributed by atoms with Crippen molar-refractivity contribution in [3.63, 3.8) is 0 Å². The molecule has 2 atom stereocenters. The molecule has 0 heterocycles. The number of hydrogen-bond donors (Lipinski definition) is 4. The fraction of sp³-hybridized carbons (Fsp3) is 0.818. The standard InChI is InChI=1S/C22H34O8/c1-13-3-7-15(8-4-13)21(19(27)28,11-17(23)24)22(20(29)30,12-18(25)26)16-9-5-14(2)6-10-16/h13-16H,3-12H2,1-2H3,(H,23,24)(H,25,26)(H,27,28)(H,29,30). The van der Waals surface area contributed by atoms with Gasteiger partial charge in [-0.1, -0.05) is 39.5 Å². The molecule has 4 N–H and O–H groups in total. The maximum Gasteiger partial charge on any atom is 0.311 e. The Morgan fingerprint density at radius 2 is 0.867 bits per heavy atom. The molecule has 30 heavy (non-hydrogen) atoms. The Hall–Kier alpha value is -2.12. The van der Waals surface area contributed by atoms with Gasteiger partial charge in [0.2, 0.25) is 0 Å². The van der Waals surface area contributed by atoms with E-state index in [1.807, 2.05) is 13.8 Å². The highest BCUT2D eigenvalue weighted by atomic mass is 16.4. The van der Waals surface area contributed by atoms with Gasteiger partial charge in [-0.2, -0.15) is 0 Å². The van der Waals surface area contributed by atoms with E-state index >= 15 is 0 Å². The van der Waals surface area contributed by atoms with Gasteiger partial charge >= 0.3 is 23.9 Å². The highest BCUT2D eigenvalue weighted by Gasteiger charge is 2.69. The number of carboxylic acid groups (broad SMARTS) is 4. The Morgan fingerprint density at radius 1 is 0.600 bits per heavy atom. The SMILES string of the molecule is CC1CCC(C(CC(=O)O)(C(=O)O)C(CC(=O)O)(C(=O)O)C2CCC(C)CC2)CC1. The maximum absolute atomic E-state index is 12.9. The van der Waals surface area contributed by atoms with Crippen LogP contribution >= 0.6 is 0 Å². The van der Waals surface area contributed by atoms with Crippen molar-refractivity contribution < 1.29 is 39.6 Å². The van der Waals surface area contributed by atoms with Crippen molar-refractivity contribution in [2.24, 2.45) is 34.5 Å². The molecule has 8 heteroatoms. The van der Waals surface area contributed by atoms with Gasteiger partial charge in [0.1, 0.15) is 0 Å². The van der Waals surface area contributed by atoms with Gasteiger partial charge in [0.25, 0.3) is 0 Å². The first-order valence-corrected chi connectivity index (χ1v) is 10.9. The monoisotopic (exact) mass is 426 g/mol. The lowest BCUT2D eigenvalue weighted by Gasteiger charge is -2.54. The topological polar surface area (TPSA) is 149 Å². The van der Waals surface area contributed by atoms with Gasteiger partial charge in [-0.15, -0.1) is 0 Å². The second kappa shape index (κ2) is 9.35. The number of aliphatic carboxylic acids is 4. The summed E-state index contributed by atoms with van der Waals surface area (Å²) in [5.74, 6) is -6.52. The lowest BCUT2D eigenvalue weighted by atomic mass is 9.46. The lowest BCUT2D eigenvalue weighted by molar-refractivity contribution is -0.200. The van der Waals surface area contributed by atoms with E-state index in [-0.39, 0.29) is 0 Å². The number of carboxylic acids is 4. The van der Waals surface area contributed by atoms with Crippen LogP contribution in [0.25, 0.3) is 0 Å². The molecule has 0 saturated heterocycles. The van der Waals surface area contributed by atoms with Gasteiger partial charge in [-0.05, 0) is 49.4 Å².